The van der Waals surface area contributed by atoms with E-state index in [1.165, 1.54) is 12.1 Å². The Labute approximate surface area is 144 Å². The minimum Gasteiger partial charge on any atom is -0.454 e. The number of halogens is 3. The van der Waals surface area contributed by atoms with Gasteiger partial charge in [-0.15, -0.1) is 0 Å². The Bertz CT molecular complexity index is 1200. The lowest BCUT2D eigenvalue weighted by atomic mass is 10.1. The van der Waals surface area contributed by atoms with Crippen LogP contribution >= 0.6 is 0 Å². The van der Waals surface area contributed by atoms with Crippen LogP contribution in [0, 0.1) is 0 Å². The van der Waals surface area contributed by atoms with Crippen molar-refractivity contribution >= 4 is 21.7 Å². The molecule has 26 heavy (non-hydrogen) atoms. The first kappa shape index (κ1) is 16.1. The molecule has 2 aromatic carbocycles. The van der Waals surface area contributed by atoms with Crippen molar-refractivity contribution in [3.63, 3.8) is 0 Å². The second kappa shape index (κ2) is 5.87. The summed E-state index contributed by atoms with van der Waals surface area (Å²) >= 11 is 0. The number of hydrogen-bond donors (Lipinski definition) is 1. The highest BCUT2D eigenvalue weighted by molar-refractivity contribution is 5.85. The molecule has 0 spiro atoms. The third-order valence-corrected chi connectivity index (χ3v) is 4.06. The average molecular weight is 356 g/mol. The highest BCUT2D eigenvalue weighted by Gasteiger charge is 2.30. The van der Waals surface area contributed by atoms with Gasteiger partial charge in [0.25, 0.3) is 0 Å². The van der Waals surface area contributed by atoms with E-state index in [9.17, 15) is 18.4 Å². The highest BCUT2D eigenvalue weighted by atomic mass is 19.4. The van der Waals surface area contributed by atoms with Gasteiger partial charge in [-0.25, -0.2) is 0 Å². The number of benzene rings is 2. The normalized spacial score (nSPS) is 12.8. The summed E-state index contributed by atoms with van der Waals surface area (Å²) in [6, 6.07) is 13.8. The molecule has 4 aromatic rings. The third-order valence-electron chi connectivity index (χ3n) is 4.06. The van der Waals surface area contributed by atoms with Gasteiger partial charge in [0.15, 0.2) is 5.76 Å². The quantitative estimate of drug-likeness (QED) is 0.387. The molecule has 0 unspecified atom stereocenters. The fourth-order valence-corrected chi connectivity index (χ4v) is 2.77. The molecular formula is C19H11F3N2O2. The molecule has 2 aromatic heterocycles. The first-order valence-corrected chi connectivity index (χ1v) is 7.64. The Balaban J connectivity index is 1.93. The third kappa shape index (κ3) is 2.77. The molecule has 4 nitrogen and oxygen atoms in total. The number of aromatic nitrogens is 1. The second-order valence-corrected chi connectivity index (χ2v) is 5.72. The monoisotopic (exact) mass is 356 g/mol. The molecule has 130 valence electrons. The van der Waals surface area contributed by atoms with Crippen LogP contribution in [-0.4, -0.2) is 10.2 Å². The lowest BCUT2D eigenvalue weighted by molar-refractivity contribution is -0.137. The van der Waals surface area contributed by atoms with Crippen LogP contribution in [0.3, 0.4) is 0 Å². The van der Waals surface area contributed by atoms with Gasteiger partial charge >= 0.3 is 6.18 Å². The van der Waals surface area contributed by atoms with Crippen LogP contribution in [0.5, 0.6) is 0 Å². The molecule has 0 bridgehead atoms. The largest absolute Gasteiger partial charge is 0.454 e. The van der Waals surface area contributed by atoms with Crippen molar-refractivity contribution in [2.45, 2.75) is 6.18 Å². The zero-order valence-electron chi connectivity index (χ0n) is 13.2. The zero-order chi connectivity index (χ0) is 18.3. The van der Waals surface area contributed by atoms with E-state index in [4.69, 9.17) is 4.42 Å². The van der Waals surface area contributed by atoms with Crippen LogP contribution in [-0.2, 0) is 6.18 Å². The SMILES string of the molecule is O/N=c1/cc(-c2cc3ccccc3cn2)oc2ccc(C(F)(F)F)cc12. The Morgan fingerprint density at radius 2 is 1.73 bits per heavy atom. The molecule has 4 rings (SSSR count). The molecule has 0 atom stereocenters. The van der Waals surface area contributed by atoms with Crippen LogP contribution in [0.4, 0.5) is 13.2 Å². The van der Waals surface area contributed by atoms with Gasteiger partial charge in [0.2, 0.25) is 0 Å². The Morgan fingerprint density at radius 3 is 2.46 bits per heavy atom. The maximum atomic E-state index is 12.9. The molecule has 0 aliphatic rings. The van der Waals surface area contributed by atoms with Crippen molar-refractivity contribution in [1.82, 2.24) is 4.98 Å². The zero-order valence-corrected chi connectivity index (χ0v) is 13.2. The van der Waals surface area contributed by atoms with E-state index in [1.54, 1.807) is 12.3 Å². The smallest absolute Gasteiger partial charge is 0.416 e. The van der Waals surface area contributed by atoms with Gasteiger partial charge < -0.3 is 9.62 Å². The van der Waals surface area contributed by atoms with Gasteiger partial charge in [-0.1, -0.05) is 29.4 Å². The van der Waals surface area contributed by atoms with E-state index in [-0.39, 0.29) is 22.1 Å². The first-order valence-electron chi connectivity index (χ1n) is 7.64. The fourth-order valence-electron chi connectivity index (χ4n) is 2.77. The number of pyridine rings is 1. The summed E-state index contributed by atoms with van der Waals surface area (Å²) in [5.74, 6) is 0.288. The number of nitrogens with zero attached hydrogens (tertiary/aromatic N) is 2. The molecule has 0 radical (unpaired) electrons. The standard InChI is InChI=1S/C19H11F3N2O2/c20-19(21,22)13-5-6-17-14(8-13)15(24-25)9-18(26-17)16-7-11-3-1-2-4-12(11)10-23-16/h1-10,25H/b24-15-. The lowest BCUT2D eigenvalue weighted by Crippen LogP contribution is -2.08. The fraction of sp³-hybridized carbons (Fsp3) is 0.0526. The average Bonchev–Trinajstić information content (AvgIpc) is 2.65. The Kier molecular flexibility index (Phi) is 3.64. The van der Waals surface area contributed by atoms with Crippen molar-refractivity contribution in [3.05, 3.63) is 71.7 Å². The van der Waals surface area contributed by atoms with Crippen molar-refractivity contribution in [3.8, 4) is 11.5 Å². The lowest BCUT2D eigenvalue weighted by Gasteiger charge is -2.09. The number of alkyl halides is 3. The number of fused-ring (bicyclic) bond motifs is 2. The molecule has 7 heteroatoms. The van der Waals surface area contributed by atoms with E-state index >= 15 is 0 Å². The van der Waals surface area contributed by atoms with Crippen LogP contribution < -0.4 is 5.36 Å². The van der Waals surface area contributed by atoms with E-state index in [0.29, 0.717) is 5.69 Å². The van der Waals surface area contributed by atoms with Crippen molar-refractivity contribution in [2.75, 3.05) is 0 Å². The van der Waals surface area contributed by atoms with Crippen LogP contribution in [0.15, 0.2) is 70.4 Å². The van der Waals surface area contributed by atoms with Crippen molar-refractivity contribution < 1.29 is 22.8 Å². The maximum Gasteiger partial charge on any atom is 0.416 e. The molecule has 0 saturated carbocycles. The van der Waals surface area contributed by atoms with Gasteiger partial charge in [0, 0.05) is 23.0 Å². The minimum absolute atomic E-state index is 0.0256. The summed E-state index contributed by atoms with van der Waals surface area (Å²) in [7, 11) is 0. The van der Waals surface area contributed by atoms with Gasteiger partial charge in [-0.3, -0.25) is 4.98 Å². The number of rotatable bonds is 1. The van der Waals surface area contributed by atoms with Gasteiger partial charge in [0.1, 0.15) is 16.6 Å². The Hall–Kier alpha value is -3.35. The van der Waals surface area contributed by atoms with Crippen molar-refractivity contribution in [1.29, 1.82) is 0 Å². The number of hydrogen-bond acceptors (Lipinski definition) is 4. The van der Waals surface area contributed by atoms with Crippen LogP contribution in [0.25, 0.3) is 33.2 Å². The van der Waals surface area contributed by atoms with E-state index in [2.05, 4.69) is 10.1 Å². The summed E-state index contributed by atoms with van der Waals surface area (Å²) in [6.07, 6.45) is -2.83. The molecule has 0 saturated heterocycles. The summed E-state index contributed by atoms with van der Waals surface area (Å²) in [6.45, 7) is 0. The predicted molar refractivity (Wildman–Crippen MR) is 89.3 cm³/mol. The van der Waals surface area contributed by atoms with E-state index in [0.717, 1.165) is 22.9 Å². The molecule has 2 heterocycles. The van der Waals surface area contributed by atoms with Gasteiger partial charge in [0.05, 0.1) is 5.56 Å². The summed E-state index contributed by atoms with van der Waals surface area (Å²) < 4.78 is 44.4. The van der Waals surface area contributed by atoms with Gasteiger partial charge in [-0.05, 0) is 29.7 Å². The van der Waals surface area contributed by atoms with Crippen LogP contribution in [0.1, 0.15) is 5.56 Å². The summed E-state index contributed by atoms with van der Waals surface area (Å²) in [4.78, 5) is 4.32. The topological polar surface area (TPSA) is 58.6 Å². The summed E-state index contributed by atoms with van der Waals surface area (Å²) in [5, 5.41) is 14.3. The van der Waals surface area contributed by atoms with Crippen LogP contribution in [0.2, 0.25) is 0 Å². The molecule has 0 amide bonds. The highest BCUT2D eigenvalue weighted by Crippen LogP contribution is 2.31. The molecule has 0 fully saturated rings. The van der Waals surface area contributed by atoms with E-state index < -0.39 is 11.7 Å². The molecule has 1 N–H and O–H groups in total. The maximum absolute atomic E-state index is 12.9. The first-order chi connectivity index (χ1) is 12.5. The second-order valence-electron chi connectivity index (χ2n) is 5.72. The molecular weight excluding hydrogens is 345 g/mol. The summed E-state index contributed by atoms with van der Waals surface area (Å²) in [5.41, 5.74) is -0.199. The van der Waals surface area contributed by atoms with Crippen molar-refractivity contribution in [2.24, 2.45) is 5.16 Å². The van der Waals surface area contributed by atoms with Gasteiger partial charge in [-0.2, -0.15) is 13.2 Å². The Morgan fingerprint density at radius 1 is 0.962 bits per heavy atom. The minimum atomic E-state index is -4.50. The van der Waals surface area contributed by atoms with E-state index in [1.807, 2.05) is 24.3 Å². The predicted octanol–water partition coefficient (Wildman–Crippen LogP) is 4.96. The molecule has 0 aliphatic carbocycles. The molecule has 0 aliphatic heterocycles.